The third-order valence-electron chi connectivity index (χ3n) is 2.46. The molecule has 16 heavy (non-hydrogen) atoms. The normalized spacial score (nSPS) is 25.8. The van der Waals surface area contributed by atoms with Gasteiger partial charge in [0.2, 0.25) is 0 Å². The maximum absolute atomic E-state index is 11.6. The summed E-state index contributed by atoms with van der Waals surface area (Å²) >= 11 is 11.1. The number of likely N-dealkylation sites (N-methyl/N-ethyl adjacent to an activating group) is 1. The van der Waals surface area contributed by atoms with E-state index in [9.17, 15) is 4.79 Å². The van der Waals surface area contributed by atoms with Crippen molar-refractivity contribution in [3.05, 3.63) is 0 Å². The molecule has 0 spiro atoms. The van der Waals surface area contributed by atoms with Crippen LogP contribution in [0.25, 0.3) is 0 Å². The second-order valence-corrected chi connectivity index (χ2v) is 4.81. The van der Waals surface area contributed by atoms with E-state index in [0.29, 0.717) is 19.7 Å². The highest BCUT2D eigenvalue weighted by atomic mass is 35.5. The van der Waals surface area contributed by atoms with Crippen molar-refractivity contribution in [1.82, 2.24) is 4.90 Å². The second kappa shape index (κ2) is 6.64. The van der Waals surface area contributed by atoms with E-state index in [1.807, 2.05) is 13.8 Å². The van der Waals surface area contributed by atoms with Crippen LogP contribution >= 0.6 is 23.2 Å². The number of hydrogen-bond acceptors (Lipinski definition) is 3. The Kier molecular flexibility index (Phi) is 5.83. The van der Waals surface area contributed by atoms with E-state index in [2.05, 4.69) is 0 Å². The lowest BCUT2D eigenvalue weighted by atomic mass is 10.3. The molecular weight excluding hydrogens is 253 g/mol. The summed E-state index contributed by atoms with van der Waals surface area (Å²) in [7, 11) is 0. The number of carbonyl (C=O) groups is 1. The van der Waals surface area contributed by atoms with Gasteiger partial charge in [-0.1, -0.05) is 23.2 Å². The summed E-state index contributed by atoms with van der Waals surface area (Å²) in [6, 6.07) is 0. The first-order valence-corrected chi connectivity index (χ1v) is 6.25. The second-order valence-electron chi connectivity index (χ2n) is 3.71. The van der Waals surface area contributed by atoms with Crippen molar-refractivity contribution in [2.75, 3.05) is 19.7 Å². The Hall–Kier alpha value is -0.0300. The first-order valence-electron chi connectivity index (χ1n) is 5.38. The lowest BCUT2D eigenvalue weighted by Crippen LogP contribution is -2.44. The predicted molar refractivity (Wildman–Crippen MR) is 62.7 cm³/mol. The van der Waals surface area contributed by atoms with Gasteiger partial charge in [0, 0.05) is 6.54 Å². The third-order valence-corrected chi connectivity index (χ3v) is 2.84. The van der Waals surface area contributed by atoms with E-state index in [4.69, 9.17) is 32.7 Å². The molecule has 6 heteroatoms. The van der Waals surface area contributed by atoms with Gasteiger partial charge in [-0.2, -0.15) is 0 Å². The zero-order valence-electron chi connectivity index (χ0n) is 9.49. The van der Waals surface area contributed by atoms with E-state index in [1.54, 1.807) is 0 Å². The maximum atomic E-state index is 11.6. The Morgan fingerprint density at radius 2 is 2.25 bits per heavy atom. The van der Waals surface area contributed by atoms with Crippen molar-refractivity contribution in [2.24, 2.45) is 0 Å². The van der Waals surface area contributed by atoms with Gasteiger partial charge in [-0.25, -0.2) is 0 Å². The van der Waals surface area contributed by atoms with Gasteiger partial charge in [-0.05, 0) is 20.3 Å². The van der Waals surface area contributed by atoms with Crippen LogP contribution in [-0.4, -0.2) is 47.7 Å². The fourth-order valence-corrected chi connectivity index (χ4v) is 1.80. The zero-order chi connectivity index (χ0) is 12.1. The predicted octanol–water partition coefficient (Wildman–Crippen LogP) is 1.79. The molecule has 94 valence electrons. The Balaban J connectivity index is 2.46. The number of nitrogens with zero attached hydrogens (tertiary/aromatic N) is 1. The van der Waals surface area contributed by atoms with Crippen molar-refractivity contribution in [3.8, 4) is 0 Å². The molecule has 1 aliphatic rings. The molecule has 0 saturated carbocycles. The molecule has 1 rings (SSSR count). The molecule has 0 radical (unpaired) electrons. The molecule has 0 aromatic rings. The standard InChI is InChI=1S/C10H17Cl2NO3/c1-3-13(10(14)9(11)12)6-8-15-5-4-7(2)16-8/h7-9H,3-6H2,1-2H3. The molecule has 0 bridgehead atoms. The van der Waals surface area contributed by atoms with Crippen LogP contribution in [0.2, 0.25) is 0 Å². The van der Waals surface area contributed by atoms with Gasteiger partial charge in [0.1, 0.15) is 0 Å². The van der Waals surface area contributed by atoms with Crippen LogP contribution in [0.3, 0.4) is 0 Å². The van der Waals surface area contributed by atoms with Crippen molar-refractivity contribution in [1.29, 1.82) is 0 Å². The van der Waals surface area contributed by atoms with Crippen molar-refractivity contribution in [3.63, 3.8) is 0 Å². The Bertz CT molecular complexity index is 238. The smallest absolute Gasteiger partial charge is 0.256 e. The minimum absolute atomic E-state index is 0.162. The topological polar surface area (TPSA) is 38.8 Å². The molecule has 2 unspecified atom stereocenters. The summed E-state index contributed by atoms with van der Waals surface area (Å²) in [6.07, 6.45) is 0.666. The summed E-state index contributed by atoms with van der Waals surface area (Å²) in [5, 5.41) is 0. The van der Waals surface area contributed by atoms with Crippen LogP contribution in [0, 0.1) is 0 Å². The van der Waals surface area contributed by atoms with Crippen LogP contribution in [-0.2, 0) is 14.3 Å². The van der Waals surface area contributed by atoms with Crippen molar-refractivity contribution >= 4 is 29.1 Å². The quantitative estimate of drug-likeness (QED) is 0.731. The maximum Gasteiger partial charge on any atom is 0.256 e. The first kappa shape index (κ1) is 14.0. The lowest BCUT2D eigenvalue weighted by molar-refractivity contribution is -0.214. The van der Waals surface area contributed by atoms with Gasteiger partial charge in [0.25, 0.3) is 5.91 Å². The number of halogens is 2. The van der Waals surface area contributed by atoms with Gasteiger partial charge in [0.15, 0.2) is 11.1 Å². The van der Waals surface area contributed by atoms with Crippen LogP contribution in [0.4, 0.5) is 0 Å². The highest BCUT2D eigenvalue weighted by Gasteiger charge is 2.26. The van der Waals surface area contributed by atoms with Crippen LogP contribution in [0.1, 0.15) is 20.3 Å². The van der Waals surface area contributed by atoms with Gasteiger partial charge < -0.3 is 14.4 Å². The fraction of sp³-hybridized carbons (Fsp3) is 0.900. The van der Waals surface area contributed by atoms with E-state index in [1.165, 1.54) is 4.90 Å². The fourth-order valence-electron chi connectivity index (χ4n) is 1.52. The largest absolute Gasteiger partial charge is 0.351 e. The molecule has 0 aliphatic carbocycles. The molecule has 1 saturated heterocycles. The van der Waals surface area contributed by atoms with Gasteiger partial charge in [-0.15, -0.1) is 0 Å². The van der Waals surface area contributed by atoms with Crippen LogP contribution in [0.15, 0.2) is 0 Å². The average molecular weight is 270 g/mol. The highest BCUT2D eigenvalue weighted by Crippen LogP contribution is 2.14. The highest BCUT2D eigenvalue weighted by molar-refractivity contribution is 6.53. The molecule has 0 aromatic carbocycles. The summed E-state index contributed by atoms with van der Waals surface area (Å²) in [5.41, 5.74) is 0. The Morgan fingerprint density at radius 3 is 2.75 bits per heavy atom. The van der Waals surface area contributed by atoms with E-state index in [0.717, 1.165) is 6.42 Å². The Morgan fingerprint density at radius 1 is 1.56 bits per heavy atom. The van der Waals surface area contributed by atoms with Crippen molar-refractivity contribution < 1.29 is 14.3 Å². The minimum atomic E-state index is -1.03. The van der Waals surface area contributed by atoms with E-state index >= 15 is 0 Å². The number of carbonyl (C=O) groups excluding carboxylic acids is 1. The minimum Gasteiger partial charge on any atom is -0.351 e. The molecule has 2 atom stereocenters. The number of alkyl halides is 2. The molecule has 4 nitrogen and oxygen atoms in total. The van der Waals surface area contributed by atoms with Gasteiger partial charge >= 0.3 is 0 Å². The molecule has 1 amide bonds. The molecule has 1 heterocycles. The van der Waals surface area contributed by atoms with Gasteiger partial charge in [-0.3, -0.25) is 4.79 Å². The SMILES string of the molecule is CCN(CC1OCCC(C)O1)C(=O)C(Cl)Cl. The molecule has 0 aromatic heterocycles. The van der Waals surface area contributed by atoms with Crippen LogP contribution in [0.5, 0.6) is 0 Å². The molecule has 0 N–H and O–H groups in total. The first-order chi connectivity index (χ1) is 7.54. The van der Waals surface area contributed by atoms with Gasteiger partial charge in [0.05, 0.1) is 19.3 Å². The number of hydrogen-bond donors (Lipinski definition) is 0. The summed E-state index contributed by atoms with van der Waals surface area (Å²) in [4.78, 5) is 12.1. The monoisotopic (exact) mass is 269 g/mol. The van der Waals surface area contributed by atoms with Crippen LogP contribution < -0.4 is 0 Å². The van der Waals surface area contributed by atoms with E-state index < -0.39 is 4.84 Å². The Labute approximate surface area is 106 Å². The molecular formula is C10H17Cl2NO3. The molecule has 1 aliphatic heterocycles. The third kappa shape index (κ3) is 4.09. The number of amides is 1. The number of ether oxygens (including phenoxy) is 2. The summed E-state index contributed by atoms with van der Waals surface area (Å²) in [5.74, 6) is -0.309. The summed E-state index contributed by atoms with van der Waals surface area (Å²) < 4.78 is 11.0. The zero-order valence-corrected chi connectivity index (χ0v) is 11.0. The van der Waals surface area contributed by atoms with Crippen molar-refractivity contribution in [2.45, 2.75) is 37.5 Å². The average Bonchev–Trinajstić information content (AvgIpc) is 2.25. The van der Waals surface area contributed by atoms with E-state index in [-0.39, 0.29) is 18.3 Å². The lowest BCUT2D eigenvalue weighted by Gasteiger charge is -2.32. The summed E-state index contributed by atoms with van der Waals surface area (Å²) in [6.45, 7) is 5.41. The number of rotatable bonds is 4. The molecule has 1 fully saturated rings.